The van der Waals surface area contributed by atoms with Gasteiger partial charge in [0.25, 0.3) is 0 Å². The minimum absolute atomic E-state index is 0.00148. The van der Waals surface area contributed by atoms with Gasteiger partial charge >= 0.3 is 5.97 Å². The molecule has 1 unspecified atom stereocenters. The topological polar surface area (TPSA) is 81.4 Å². The zero-order chi connectivity index (χ0) is 12.8. The molecular formula is C12H22N2O3. The van der Waals surface area contributed by atoms with Crippen LogP contribution in [0.1, 0.15) is 39.5 Å². The van der Waals surface area contributed by atoms with E-state index in [-0.39, 0.29) is 23.8 Å². The molecule has 0 aromatic carbocycles. The monoisotopic (exact) mass is 242 g/mol. The maximum atomic E-state index is 11.5. The second kappa shape index (κ2) is 6.59. The molecule has 1 fully saturated rings. The van der Waals surface area contributed by atoms with Crippen molar-refractivity contribution in [2.24, 2.45) is 11.7 Å². The van der Waals surface area contributed by atoms with Gasteiger partial charge in [0.15, 0.2) is 0 Å². The van der Waals surface area contributed by atoms with Gasteiger partial charge in [-0.25, -0.2) is 0 Å². The summed E-state index contributed by atoms with van der Waals surface area (Å²) < 4.78 is 4.99. The third-order valence-electron chi connectivity index (χ3n) is 3.11. The Bertz CT molecular complexity index is 271. The maximum Gasteiger partial charge on any atom is 0.308 e. The van der Waals surface area contributed by atoms with E-state index in [0.29, 0.717) is 6.61 Å². The summed E-state index contributed by atoms with van der Waals surface area (Å²) in [7, 11) is 0. The summed E-state index contributed by atoms with van der Waals surface area (Å²) >= 11 is 0. The van der Waals surface area contributed by atoms with Crippen LogP contribution in [0.2, 0.25) is 0 Å². The lowest BCUT2D eigenvalue weighted by atomic mass is 9.86. The molecule has 98 valence electrons. The van der Waals surface area contributed by atoms with E-state index in [9.17, 15) is 9.59 Å². The molecule has 0 saturated heterocycles. The van der Waals surface area contributed by atoms with Crippen LogP contribution in [-0.2, 0) is 14.3 Å². The standard InChI is InChI=1S/C12H22N2O3/c1-3-17-12(16)9-4-6-10(7-5-9)14-11(15)8(2)13/h8-10H,3-7,13H2,1-2H3,(H,14,15). The van der Waals surface area contributed by atoms with Crippen LogP contribution in [0, 0.1) is 5.92 Å². The van der Waals surface area contributed by atoms with E-state index in [0.717, 1.165) is 25.7 Å². The number of hydrogen-bond donors (Lipinski definition) is 2. The summed E-state index contributed by atoms with van der Waals surface area (Å²) in [5.74, 6) is -0.229. The fourth-order valence-electron chi connectivity index (χ4n) is 2.07. The van der Waals surface area contributed by atoms with E-state index in [1.807, 2.05) is 6.92 Å². The van der Waals surface area contributed by atoms with Gasteiger partial charge in [-0.15, -0.1) is 0 Å². The number of carbonyl (C=O) groups excluding carboxylic acids is 2. The molecule has 0 aromatic rings. The molecule has 1 saturated carbocycles. The van der Waals surface area contributed by atoms with E-state index >= 15 is 0 Å². The van der Waals surface area contributed by atoms with Gasteiger partial charge in [0, 0.05) is 6.04 Å². The van der Waals surface area contributed by atoms with Crippen molar-refractivity contribution < 1.29 is 14.3 Å². The Morgan fingerprint density at radius 3 is 2.41 bits per heavy atom. The van der Waals surface area contributed by atoms with Gasteiger partial charge in [0.05, 0.1) is 18.6 Å². The quantitative estimate of drug-likeness (QED) is 0.706. The smallest absolute Gasteiger partial charge is 0.308 e. The molecule has 1 aliphatic carbocycles. The van der Waals surface area contributed by atoms with Crippen LogP contribution in [0.3, 0.4) is 0 Å². The molecule has 0 spiro atoms. The Hall–Kier alpha value is -1.10. The number of nitrogens with two attached hydrogens (primary N) is 1. The summed E-state index contributed by atoms with van der Waals surface area (Å²) in [4.78, 5) is 22.9. The number of carbonyl (C=O) groups is 2. The molecule has 17 heavy (non-hydrogen) atoms. The number of nitrogens with one attached hydrogen (secondary N) is 1. The summed E-state index contributed by atoms with van der Waals surface area (Å²) in [5, 5.41) is 2.89. The fraction of sp³-hybridized carbons (Fsp3) is 0.833. The van der Waals surface area contributed by atoms with Crippen molar-refractivity contribution in [2.45, 2.75) is 51.6 Å². The van der Waals surface area contributed by atoms with Gasteiger partial charge in [-0.3, -0.25) is 9.59 Å². The third-order valence-corrected chi connectivity index (χ3v) is 3.11. The van der Waals surface area contributed by atoms with E-state index in [1.165, 1.54) is 0 Å². The number of esters is 1. The average Bonchev–Trinajstić information content (AvgIpc) is 2.30. The van der Waals surface area contributed by atoms with Crippen molar-refractivity contribution in [1.82, 2.24) is 5.32 Å². The van der Waals surface area contributed by atoms with Gasteiger partial charge in [-0.2, -0.15) is 0 Å². The van der Waals surface area contributed by atoms with Crippen LogP contribution in [0.4, 0.5) is 0 Å². The highest BCUT2D eigenvalue weighted by molar-refractivity contribution is 5.81. The van der Waals surface area contributed by atoms with Gasteiger partial charge in [0.1, 0.15) is 0 Å². The molecule has 1 amide bonds. The molecular weight excluding hydrogens is 220 g/mol. The molecule has 0 radical (unpaired) electrons. The highest BCUT2D eigenvalue weighted by Gasteiger charge is 2.28. The molecule has 0 aromatic heterocycles. The lowest BCUT2D eigenvalue weighted by molar-refractivity contribution is -0.149. The number of hydrogen-bond acceptors (Lipinski definition) is 4. The van der Waals surface area contributed by atoms with Crippen molar-refractivity contribution in [3.05, 3.63) is 0 Å². The van der Waals surface area contributed by atoms with Gasteiger partial charge < -0.3 is 15.8 Å². The molecule has 3 N–H and O–H groups in total. The van der Waals surface area contributed by atoms with Crippen molar-refractivity contribution in [1.29, 1.82) is 0 Å². The third kappa shape index (κ3) is 4.34. The predicted molar refractivity (Wildman–Crippen MR) is 64.2 cm³/mol. The Morgan fingerprint density at radius 2 is 1.94 bits per heavy atom. The molecule has 0 heterocycles. The van der Waals surface area contributed by atoms with Crippen LogP contribution >= 0.6 is 0 Å². The first-order chi connectivity index (χ1) is 8.04. The zero-order valence-electron chi connectivity index (χ0n) is 10.6. The number of amides is 1. The van der Waals surface area contributed by atoms with Crippen LogP contribution in [-0.4, -0.2) is 30.6 Å². The van der Waals surface area contributed by atoms with Gasteiger partial charge in [-0.05, 0) is 39.5 Å². The number of ether oxygens (including phenoxy) is 1. The Balaban J connectivity index is 2.31. The Labute approximate surface area is 102 Å². The van der Waals surface area contributed by atoms with Crippen LogP contribution in [0.25, 0.3) is 0 Å². The predicted octanol–water partition coefficient (Wildman–Crippen LogP) is 0.572. The summed E-state index contributed by atoms with van der Waals surface area (Å²) in [6.45, 7) is 3.91. The first kappa shape index (κ1) is 14.0. The largest absolute Gasteiger partial charge is 0.466 e. The highest BCUT2D eigenvalue weighted by atomic mass is 16.5. The normalized spacial score (nSPS) is 26.1. The lowest BCUT2D eigenvalue weighted by Crippen LogP contribution is -2.45. The van der Waals surface area contributed by atoms with E-state index < -0.39 is 6.04 Å². The second-order valence-corrected chi connectivity index (χ2v) is 4.60. The average molecular weight is 242 g/mol. The highest BCUT2D eigenvalue weighted by Crippen LogP contribution is 2.25. The van der Waals surface area contributed by atoms with Crippen LogP contribution in [0.15, 0.2) is 0 Å². The van der Waals surface area contributed by atoms with E-state index in [4.69, 9.17) is 10.5 Å². The Kier molecular flexibility index (Phi) is 5.41. The molecule has 1 rings (SSSR count). The van der Waals surface area contributed by atoms with Crippen molar-refractivity contribution in [3.63, 3.8) is 0 Å². The number of rotatable bonds is 4. The molecule has 0 aliphatic heterocycles. The zero-order valence-corrected chi connectivity index (χ0v) is 10.6. The van der Waals surface area contributed by atoms with Crippen molar-refractivity contribution in [3.8, 4) is 0 Å². The molecule has 0 bridgehead atoms. The Morgan fingerprint density at radius 1 is 1.35 bits per heavy atom. The fourth-order valence-corrected chi connectivity index (χ4v) is 2.07. The van der Waals surface area contributed by atoms with Crippen molar-refractivity contribution >= 4 is 11.9 Å². The minimum Gasteiger partial charge on any atom is -0.466 e. The van der Waals surface area contributed by atoms with Crippen molar-refractivity contribution in [2.75, 3.05) is 6.61 Å². The van der Waals surface area contributed by atoms with Gasteiger partial charge in [-0.1, -0.05) is 0 Å². The molecule has 1 aliphatic rings. The maximum absolute atomic E-state index is 11.5. The van der Waals surface area contributed by atoms with E-state index in [1.54, 1.807) is 6.92 Å². The lowest BCUT2D eigenvalue weighted by Gasteiger charge is -2.28. The summed E-state index contributed by atoms with van der Waals surface area (Å²) in [6, 6.07) is -0.322. The molecule has 1 atom stereocenters. The SMILES string of the molecule is CCOC(=O)C1CCC(NC(=O)C(C)N)CC1. The van der Waals surface area contributed by atoms with Gasteiger partial charge in [0.2, 0.25) is 5.91 Å². The molecule has 5 heteroatoms. The molecule has 5 nitrogen and oxygen atoms in total. The first-order valence-electron chi connectivity index (χ1n) is 6.27. The van der Waals surface area contributed by atoms with E-state index in [2.05, 4.69) is 5.32 Å². The first-order valence-corrected chi connectivity index (χ1v) is 6.27. The van der Waals surface area contributed by atoms with Crippen LogP contribution < -0.4 is 11.1 Å². The second-order valence-electron chi connectivity index (χ2n) is 4.60. The minimum atomic E-state index is -0.474. The summed E-state index contributed by atoms with van der Waals surface area (Å²) in [6.07, 6.45) is 3.20. The summed E-state index contributed by atoms with van der Waals surface area (Å²) in [5.41, 5.74) is 5.48. The van der Waals surface area contributed by atoms with Crippen LogP contribution in [0.5, 0.6) is 0 Å².